The van der Waals surface area contributed by atoms with Crippen molar-refractivity contribution >= 4 is 22.4 Å². The highest BCUT2D eigenvalue weighted by molar-refractivity contribution is 7.13. The molecular weight excluding hydrogens is 380 g/mol. The summed E-state index contributed by atoms with van der Waals surface area (Å²) in [5.74, 6) is 0.141. The standard InChI is InChI=1S/C23H24N4OS/c28-22(20-8-6-19(7-9-20)18-4-2-1-3-5-18)27-16-21(17-27)25-11-13-26(14-12-25)23-24-10-15-29-23/h1-10,15,21H,11-14,16-17H2. The Hall–Kier alpha value is -2.70. The van der Waals surface area contributed by atoms with Crippen molar-refractivity contribution < 1.29 is 4.79 Å². The number of nitrogens with zero attached hydrogens (tertiary/aromatic N) is 4. The van der Waals surface area contributed by atoms with Gasteiger partial charge in [-0.2, -0.15) is 0 Å². The van der Waals surface area contributed by atoms with Gasteiger partial charge < -0.3 is 9.80 Å². The van der Waals surface area contributed by atoms with Gasteiger partial charge >= 0.3 is 0 Å². The van der Waals surface area contributed by atoms with Gasteiger partial charge in [-0.15, -0.1) is 11.3 Å². The van der Waals surface area contributed by atoms with E-state index in [1.54, 1.807) is 11.3 Å². The van der Waals surface area contributed by atoms with Crippen LogP contribution in [-0.2, 0) is 0 Å². The van der Waals surface area contributed by atoms with Crippen molar-refractivity contribution in [1.29, 1.82) is 0 Å². The summed E-state index contributed by atoms with van der Waals surface area (Å²) in [7, 11) is 0. The van der Waals surface area contributed by atoms with Gasteiger partial charge in [-0.05, 0) is 23.3 Å². The zero-order valence-electron chi connectivity index (χ0n) is 16.3. The lowest BCUT2D eigenvalue weighted by atomic mass is 10.0. The number of piperazine rings is 1. The third kappa shape index (κ3) is 3.78. The molecule has 29 heavy (non-hydrogen) atoms. The van der Waals surface area contributed by atoms with Crippen molar-refractivity contribution in [3.63, 3.8) is 0 Å². The second-order valence-corrected chi connectivity index (χ2v) is 8.52. The van der Waals surface area contributed by atoms with E-state index in [1.165, 1.54) is 5.56 Å². The molecule has 0 atom stereocenters. The van der Waals surface area contributed by atoms with E-state index >= 15 is 0 Å². The molecule has 3 aromatic rings. The van der Waals surface area contributed by atoms with Gasteiger partial charge in [-0.3, -0.25) is 9.69 Å². The third-order valence-electron chi connectivity index (χ3n) is 5.91. The van der Waals surface area contributed by atoms with E-state index in [-0.39, 0.29) is 5.91 Å². The van der Waals surface area contributed by atoms with Gasteiger partial charge in [0.15, 0.2) is 5.13 Å². The number of hydrogen-bond acceptors (Lipinski definition) is 5. The monoisotopic (exact) mass is 404 g/mol. The molecule has 2 aliphatic rings. The Kier molecular flexibility index (Phi) is 5.04. The molecule has 1 amide bonds. The summed E-state index contributed by atoms with van der Waals surface area (Å²) < 4.78 is 0. The molecule has 0 aliphatic carbocycles. The van der Waals surface area contributed by atoms with Gasteiger partial charge in [0.05, 0.1) is 0 Å². The maximum absolute atomic E-state index is 12.8. The van der Waals surface area contributed by atoms with Gasteiger partial charge in [-0.25, -0.2) is 4.98 Å². The Labute approximate surface area is 175 Å². The fourth-order valence-corrected chi connectivity index (χ4v) is 4.82. The molecule has 0 spiro atoms. The lowest BCUT2D eigenvalue weighted by Gasteiger charge is -2.48. The molecule has 5 rings (SSSR count). The Morgan fingerprint density at radius 3 is 2.24 bits per heavy atom. The first-order valence-electron chi connectivity index (χ1n) is 10.1. The quantitative estimate of drug-likeness (QED) is 0.668. The summed E-state index contributed by atoms with van der Waals surface area (Å²) >= 11 is 1.70. The van der Waals surface area contributed by atoms with Crippen LogP contribution in [0, 0.1) is 0 Å². The maximum Gasteiger partial charge on any atom is 0.253 e. The van der Waals surface area contributed by atoms with E-state index in [0.717, 1.165) is 55.5 Å². The largest absolute Gasteiger partial charge is 0.346 e. The molecule has 5 nitrogen and oxygen atoms in total. The van der Waals surface area contributed by atoms with E-state index in [0.29, 0.717) is 6.04 Å². The minimum absolute atomic E-state index is 0.141. The molecule has 2 saturated heterocycles. The van der Waals surface area contributed by atoms with Crippen molar-refractivity contribution in [2.45, 2.75) is 6.04 Å². The summed E-state index contributed by atoms with van der Waals surface area (Å²) in [6.07, 6.45) is 1.87. The summed E-state index contributed by atoms with van der Waals surface area (Å²) in [4.78, 5) is 24.1. The Morgan fingerprint density at radius 1 is 0.897 bits per heavy atom. The second kappa shape index (κ2) is 7.97. The number of aromatic nitrogens is 1. The average Bonchev–Trinajstić information content (AvgIpc) is 3.29. The summed E-state index contributed by atoms with van der Waals surface area (Å²) in [6, 6.07) is 18.7. The van der Waals surface area contributed by atoms with E-state index in [1.807, 2.05) is 58.9 Å². The van der Waals surface area contributed by atoms with Gasteiger partial charge in [0.1, 0.15) is 0 Å². The van der Waals surface area contributed by atoms with E-state index in [2.05, 4.69) is 26.9 Å². The van der Waals surface area contributed by atoms with Crippen LogP contribution in [0.5, 0.6) is 0 Å². The second-order valence-electron chi connectivity index (χ2n) is 7.65. The van der Waals surface area contributed by atoms with Crippen LogP contribution in [0.3, 0.4) is 0 Å². The number of carbonyl (C=O) groups is 1. The van der Waals surface area contributed by atoms with E-state index in [4.69, 9.17) is 0 Å². The number of anilines is 1. The molecule has 3 heterocycles. The summed E-state index contributed by atoms with van der Waals surface area (Å²) in [5, 5.41) is 3.15. The van der Waals surface area contributed by atoms with Gasteiger partial charge in [-0.1, -0.05) is 42.5 Å². The van der Waals surface area contributed by atoms with Crippen molar-refractivity contribution in [3.05, 3.63) is 71.7 Å². The van der Waals surface area contributed by atoms with E-state index in [9.17, 15) is 4.79 Å². The molecule has 0 bridgehead atoms. The van der Waals surface area contributed by atoms with Crippen molar-refractivity contribution in [1.82, 2.24) is 14.8 Å². The Morgan fingerprint density at radius 2 is 1.59 bits per heavy atom. The van der Waals surface area contributed by atoms with Crippen LogP contribution in [0.1, 0.15) is 10.4 Å². The van der Waals surface area contributed by atoms with E-state index < -0.39 is 0 Å². The average molecular weight is 405 g/mol. The molecule has 2 fully saturated rings. The Balaban J connectivity index is 1.14. The van der Waals surface area contributed by atoms with Gasteiger partial charge in [0, 0.05) is 62.5 Å². The third-order valence-corrected chi connectivity index (χ3v) is 6.74. The molecule has 0 saturated carbocycles. The predicted octanol–water partition coefficient (Wildman–Crippen LogP) is 3.46. The highest BCUT2D eigenvalue weighted by Crippen LogP contribution is 2.24. The number of hydrogen-bond donors (Lipinski definition) is 0. The zero-order valence-corrected chi connectivity index (χ0v) is 17.1. The van der Waals surface area contributed by atoms with Crippen LogP contribution in [0.15, 0.2) is 66.2 Å². The topological polar surface area (TPSA) is 39.7 Å². The molecule has 0 unspecified atom stereocenters. The van der Waals surface area contributed by atoms with Gasteiger partial charge in [0.25, 0.3) is 5.91 Å². The molecule has 2 aromatic carbocycles. The van der Waals surface area contributed by atoms with Crippen LogP contribution >= 0.6 is 11.3 Å². The zero-order chi connectivity index (χ0) is 19.6. The lowest BCUT2D eigenvalue weighted by molar-refractivity contribution is 0.0247. The van der Waals surface area contributed by atoms with Crippen LogP contribution < -0.4 is 4.90 Å². The van der Waals surface area contributed by atoms with Crippen molar-refractivity contribution in [2.75, 3.05) is 44.2 Å². The van der Waals surface area contributed by atoms with Crippen molar-refractivity contribution in [2.24, 2.45) is 0 Å². The fraction of sp³-hybridized carbons (Fsp3) is 0.304. The number of rotatable bonds is 4. The predicted molar refractivity (Wildman–Crippen MR) is 117 cm³/mol. The summed E-state index contributed by atoms with van der Waals surface area (Å²) in [6.45, 7) is 5.76. The highest BCUT2D eigenvalue weighted by atomic mass is 32.1. The van der Waals surface area contributed by atoms with Crippen LogP contribution in [0.2, 0.25) is 0 Å². The number of likely N-dealkylation sites (tertiary alicyclic amines) is 1. The molecule has 1 aromatic heterocycles. The minimum atomic E-state index is 0.141. The molecule has 0 radical (unpaired) electrons. The number of carbonyl (C=O) groups excluding carboxylic acids is 1. The van der Waals surface area contributed by atoms with Crippen LogP contribution in [0.25, 0.3) is 11.1 Å². The highest BCUT2D eigenvalue weighted by Gasteiger charge is 2.36. The Bertz CT molecular complexity index is 944. The number of thiazole rings is 1. The lowest BCUT2D eigenvalue weighted by Crippen LogP contribution is -2.64. The molecule has 148 valence electrons. The molecular formula is C23H24N4OS. The smallest absolute Gasteiger partial charge is 0.253 e. The first-order chi connectivity index (χ1) is 14.3. The first kappa shape index (κ1) is 18.3. The summed E-state index contributed by atoms with van der Waals surface area (Å²) in [5.41, 5.74) is 3.09. The first-order valence-corrected chi connectivity index (χ1v) is 11.0. The number of amides is 1. The van der Waals surface area contributed by atoms with Crippen LogP contribution in [-0.4, -0.2) is 66.0 Å². The van der Waals surface area contributed by atoms with Crippen molar-refractivity contribution in [3.8, 4) is 11.1 Å². The maximum atomic E-state index is 12.8. The SMILES string of the molecule is O=C(c1ccc(-c2ccccc2)cc1)N1CC(N2CCN(c3nccs3)CC2)C1. The number of benzene rings is 2. The fourth-order valence-electron chi connectivity index (χ4n) is 4.12. The minimum Gasteiger partial charge on any atom is -0.346 e. The van der Waals surface area contributed by atoms with Crippen LogP contribution in [0.4, 0.5) is 5.13 Å². The van der Waals surface area contributed by atoms with Gasteiger partial charge in [0.2, 0.25) is 0 Å². The normalized spacial score (nSPS) is 17.9. The molecule has 0 N–H and O–H groups in total. The molecule has 6 heteroatoms. The molecule has 2 aliphatic heterocycles.